The molecule has 0 aliphatic heterocycles. The molecule has 0 saturated heterocycles. The van der Waals surface area contributed by atoms with Crippen molar-refractivity contribution in [1.82, 2.24) is 0 Å². The van der Waals surface area contributed by atoms with E-state index in [9.17, 15) is 13.2 Å². The first-order valence-corrected chi connectivity index (χ1v) is 6.83. The Balaban J connectivity index is 2.79. The van der Waals surface area contributed by atoms with Crippen LogP contribution in [0.2, 0.25) is 0 Å². The molecule has 0 amide bonds. The van der Waals surface area contributed by atoms with Gasteiger partial charge >= 0.3 is 6.18 Å². The number of alkyl halides is 3. The number of nitrogen functional groups attached to an aromatic ring is 1. The van der Waals surface area contributed by atoms with Crippen LogP contribution in [0.15, 0.2) is 18.2 Å². The van der Waals surface area contributed by atoms with Gasteiger partial charge in [-0.2, -0.15) is 13.2 Å². The number of benzene rings is 1. The molecule has 0 spiro atoms. The minimum atomic E-state index is -4.36. The van der Waals surface area contributed by atoms with Gasteiger partial charge in [0.05, 0.1) is 16.9 Å². The lowest BCUT2D eigenvalue weighted by atomic mass is 9.85. The van der Waals surface area contributed by atoms with E-state index in [2.05, 4.69) is 33.0 Å². The van der Waals surface area contributed by atoms with Crippen molar-refractivity contribution in [3.63, 3.8) is 0 Å². The summed E-state index contributed by atoms with van der Waals surface area (Å²) < 4.78 is 37.6. The smallest absolute Gasteiger partial charge is 0.397 e. The van der Waals surface area contributed by atoms with Crippen molar-refractivity contribution in [3.05, 3.63) is 23.8 Å². The summed E-state index contributed by atoms with van der Waals surface area (Å²) in [5.41, 5.74) is 5.67. The van der Waals surface area contributed by atoms with Crippen LogP contribution in [0.4, 0.5) is 24.5 Å². The molecule has 2 nitrogen and oxygen atoms in total. The number of halogens is 3. The topological polar surface area (TPSA) is 38.0 Å². The second kappa shape index (κ2) is 6.37. The lowest BCUT2D eigenvalue weighted by molar-refractivity contribution is -0.137. The molecule has 5 heteroatoms. The maximum Gasteiger partial charge on any atom is 0.416 e. The zero-order valence-electron chi connectivity index (χ0n) is 12.4. The van der Waals surface area contributed by atoms with Gasteiger partial charge in [-0.15, -0.1) is 0 Å². The number of hydrogen-bond acceptors (Lipinski definition) is 2. The third kappa shape index (κ3) is 4.32. The van der Waals surface area contributed by atoms with E-state index in [0.29, 0.717) is 30.0 Å². The predicted octanol–water partition coefficient (Wildman–Crippen LogP) is 4.63. The molecule has 1 rings (SSSR count). The number of hydrogen-bond donors (Lipinski definition) is 2. The van der Waals surface area contributed by atoms with E-state index in [1.165, 1.54) is 6.07 Å². The van der Waals surface area contributed by atoms with Crippen LogP contribution in [-0.4, -0.2) is 6.54 Å². The molecule has 0 fully saturated rings. The Morgan fingerprint density at radius 1 is 1.10 bits per heavy atom. The molecule has 0 unspecified atom stereocenters. The second-order valence-electron chi connectivity index (χ2n) is 5.83. The highest BCUT2D eigenvalue weighted by atomic mass is 19.4. The van der Waals surface area contributed by atoms with Gasteiger partial charge in [-0.3, -0.25) is 0 Å². The van der Waals surface area contributed by atoms with E-state index >= 15 is 0 Å². The molecule has 3 N–H and O–H groups in total. The summed E-state index contributed by atoms with van der Waals surface area (Å²) in [4.78, 5) is 0. The van der Waals surface area contributed by atoms with Gasteiger partial charge in [-0.1, -0.05) is 27.7 Å². The fourth-order valence-corrected chi connectivity index (χ4v) is 2.37. The van der Waals surface area contributed by atoms with Gasteiger partial charge in [0.2, 0.25) is 0 Å². The number of anilines is 2. The highest BCUT2D eigenvalue weighted by molar-refractivity contribution is 5.67. The van der Waals surface area contributed by atoms with Gasteiger partial charge in [0.1, 0.15) is 0 Å². The van der Waals surface area contributed by atoms with E-state index in [-0.39, 0.29) is 5.69 Å². The predicted molar refractivity (Wildman–Crippen MR) is 77.5 cm³/mol. The molecule has 0 bridgehead atoms. The minimum absolute atomic E-state index is 0.131. The van der Waals surface area contributed by atoms with E-state index in [0.717, 1.165) is 12.1 Å². The molecule has 0 heterocycles. The lowest BCUT2D eigenvalue weighted by Gasteiger charge is -2.26. The molecular weight excluding hydrogens is 265 g/mol. The number of nitrogens with one attached hydrogen (secondary N) is 1. The zero-order valence-corrected chi connectivity index (χ0v) is 12.4. The lowest BCUT2D eigenvalue weighted by Crippen LogP contribution is -2.24. The fourth-order valence-electron chi connectivity index (χ4n) is 2.37. The Morgan fingerprint density at radius 2 is 1.65 bits per heavy atom. The molecule has 20 heavy (non-hydrogen) atoms. The number of nitrogens with two attached hydrogens (primary N) is 1. The van der Waals surface area contributed by atoms with Crippen LogP contribution in [-0.2, 0) is 6.18 Å². The molecule has 0 aromatic heterocycles. The molecule has 0 aliphatic rings. The Hall–Kier alpha value is -1.39. The third-order valence-corrected chi connectivity index (χ3v) is 3.62. The molecule has 114 valence electrons. The standard InChI is InChI=1S/C15H23F3N2/c1-9(2)12(10(3)4)8-20-14-6-5-11(7-13(14)19)15(16,17)18/h5-7,9-10,12,20H,8,19H2,1-4H3. The van der Waals surface area contributed by atoms with Crippen molar-refractivity contribution in [2.75, 3.05) is 17.6 Å². The average molecular weight is 288 g/mol. The molecule has 0 atom stereocenters. The first-order chi connectivity index (χ1) is 9.12. The largest absolute Gasteiger partial charge is 0.416 e. The van der Waals surface area contributed by atoms with Gasteiger partial charge in [-0.05, 0) is 36.0 Å². The van der Waals surface area contributed by atoms with Crippen LogP contribution in [0.1, 0.15) is 33.3 Å². The summed E-state index contributed by atoms with van der Waals surface area (Å²) in [6, 6.07) is 3.43. The van der Waals surface area contributed by atoms with Crippen molar-refractivity contribution in [3.8, 4) is 0 Å². The summed E-state index contributed by atoms with van der Waals surface area (Å²) in [7, 11) is 0. The highest BCUT2D eigenvalue weighted by Crippen LogP contribution is 2.33. The Labute approximate surface area is 118 Å². The van der Waals surface area contributed by atoms with Gasteiger partial charge in [0, 0.05) is 6.54 Å². The quantitative estimate of drug-likeness (QED) is 0.775. The van der Waals surface area contributed by atoms with Crippen molar-refractivity contribution in [2.24, 2.45) is 17.8 Å². The van der Waals surface area contributed by atoms with E-state index in [1.807, 2.05) is 0 Å². The Kier molecular flexibility index (Phi) is 5.31. The van der Waals surface area contributed by atoms with E-state index in [1.54, 1.807) is 0 Å². The summed E-state index contributed by atoms with van der Waals surface area (Å²) in [6.45, 7) is 9.26. The zero-order chi connectivity index (χ0) is 15.5. The molecule has 0 aliphatic carbocycles. The monoisotopic (exact) mass is 288 g/mol. The third-order valence-electron chi connectivity index (χ3n) is 3.62. The van der Waals surface area contributed by atoms with Crippen LogP contribution in [0.3, 0.4) is 0 Å². The fraction of sp³-hybridized carbons (Fsp3) is 0.600. The van der Waals surface area contributed by atoms with Crippen molar-refractivity contribution < 1.29 is 13.2 Å². The SMILES string of the molecule is CC(C)C(CNc1ccc(C(F)(F)F)cc1N)C(C)C. The van der Waals surface area contributed by atoms with Gasteiger partial charge in [0.15, 0.2) is 0 Å². The number of rotatable bonds is 5. The van der Waals surface area contributed by atoms with Crippen LogP contribution in [0.25, 0.3) is 0 Å². The molecular formula is C15H23F3N2. The van der Waals surface area contributed by atoms with Gasteiger partial charge < -0.3 is 11.1 Å². The van der Waals surface area contributed by atoms with E-state index in [4.69, 9.17) is 5.73 Å². The maximum atomic E-state index is 12.5. The highest BCUT2D eigenvalue weighted by Gasteiger charge is 2.30. The molecule has 1 aromatic carbocycles. The van der Waals surface area contributed by atoms with Gasteiger partial charge in [-0.25, -0.2) is 0 Å². The molecule has 0 saturated carbocycles. The van der Waals surface area contributed by atoms with Gasteiger partial charge in [0.25, 0.3) is 0 Å². The summed E-state index contributed by atoms with van der Waals surface area (Å²) >= 11 is 0. The van der Waals surface area contributed by atoms with Crippen LogP contribution in [0, 0.1) is 17.8 Å². The minimum Gasteiger partial charge on any atom is -0.397 e. The second-order valence-corrected chi connectivity index (χ2v) is 5.83. The summed E-state index contributed by atoms with van der Waals surface area (Å²) in [6.07, 6.45) is -4.36. The van der Waals surface area contributed by atoms with Crippen molar-refractivity contribution >= 4 is 11.4 Å². The Morgan fingerprint density at radius 3 is 2.05 bits per heavy atom. The van der Waals surface area contributed by atoms with Crippen LogP contribution >= 0.6 is 0 Å². The van der Waals surface area contributed by atoms with Crippen LogP contribution in [0.5, 0.6) is 0 Å². The molecule has 0 radical (unpaired) electrons. The average Bonchev–Trinajstić information content (AvgIpc) is 2.28. The maximum absolute atomic E-state index is 12.5. The van der Waals surface area contributed by atoms with Crippen molar-refractivity contribution in [2.45, 2.75) is 33.9 Å². The van der Waals surface area contributed by atoms with E-state index < -0.39 is 11.7 Å². The summed E-state index contributed by atoms with van der Waals surface area (Å²) in [5, 5.41) is 3.16. The van der Waals surface area contributed by atoms with Crippen molar-refractivity contribution in [1.29, 1.82) is 0 Å². The van der Waals surface area contributed by atoms with Crippen LogP contribution < -0.4 is 11.1 Å². The Bertz CT molecular complexity index is 431. The first kappa shape index (κ1) is 16.7. The normalized spacial score (nSPS) is 12.5. The molecule has 1 aromatic rings. The summed E-state index contributed by atoms with van der Waals surface area (Å²) in [5.74, 6) is 1.44. The first-order valence-electron chi connectivity index (χ1n) is 6.83.